The van der Waals surface area contributed by atoms with Crippen molar-refractivity contribution < 1.29 is 9.50 Å². The Hall–Kier alpha value is -1.88. The molecule has 108 valence electrons. The minimum absolute atomic E-state index is 0.292. The first-order chi connectivity index (χ1) is 9.38. The summed E-state index contributed by atoms with van der Waals surface area (Å²) in [6.45, 7) is 4.02. The topological polar surface area (TPSA) is 41.3 Å². The van der Waals surface area contributed by atoms with Crippen molar-refractivity contribution in [1.29, 1.82) is 0 Å². The zero-order chi connectivity index (χ0) is 14.9. The molecule has 0 spiro atoms. The van der Waals surface area contributed by atoms with E-state index in [-0.39, 0.29) is 5.82 Å². The predicted molar refractivity (Wildman–Crippen MR) is 77.1 cm³/mol. The summed E-state index contributed by atoms with van der Waals surface area (Å²) in [4.78, 5) is 1.99. The molecular formula is C15H20FN3O. The summed E-state index contributed by atoms with van der Waals surface area (Å²) < 4.78 is 15.4. The Morgan fingerprint density at radius 1 is 1.45 bits per heavy atom. The van der Waals surface area contributed by atoms with Crippen LogP contribution in [0.1, 0.15) is 29.7 Å². The maximum Gasteiger partial charge on any atom is 0.126 e. The van der Waals surface area contributed by atoms with E-state index in [1.165, 1.54) is 6.07 Å². The average molecular weight is 277 g/mol. The summed E-state index contributed by atoms with van der Waals surface area (Å²) in [7, 11) is 3.79. The number of nitrogens with zero attached hydrogens (tertiary/aromatic N) is 3. The van der Waals surface area contributed by atoms with Crippen LogP contribution in [0.2, 0.25) is 0 Å². The average Bonchev–Trinajstić information content (AvgIpc) is 2.77. The molecular weight excluding hydrogens is 257 g/mol. The molecule has 0 saturated heterocycles. The molecule has 0 aliphatic carbocycles. The molecule has 0 fully saturated rings. The van der Waals surface area contributed by atoms with Crippen LogP contribution in [0.3, 0.4) is 0 Å². The Balaban J connectivity index is 2.33. The lowest BCUT2D eigenvalue weighted by Gasteiger charge is -2.24. The quantitative estimate of drug-likeness (QED) is 0.934. The summed E-state index contributed by atoms with van der Waals surface area (Å²) in [5, 5.41) is 14.0. The van der Waals surface area contributed by atoms with Crippen molar-refractivity contribution in [2.24, 2.45) is 7.05 Å². The van der Waals surface area contributed by atoms with Gasteiger partial charge in [0.1, 0.15) is 5.82 Å². The molecule has 1 aromatic heterocycles. The summed E-state index contributed by atoms with van der Waals surface area (Å²) in [5.41, 5.74) is 3.07. The van der Waals surface area contributed by atoms with Crippen LogP contribution in [0, 0.1) is 12.7 Å². The number of aryl methyl sites for hydroxylation is 2. The van der Waals surface area contributed by atoms with Gasteiger partial charge in [0.25, 0.3) is 0 Å². The van der Waals surface area contributed by atoms with Crippen LogP contribution in [0.15, 0.2) is 24.5 Å². The highest BCUT2D eigenvalue weighted by molar-refractivity contribution is 5.56. The maximum atomic E-state index is 13.7. The van der Waals surface area contributed by atoms with E-state index in [2.05, 4.69) is 5.10 Å². The Bertz CT molecular complexity index is 607. The van der Waals surface area contributed by atoms with Gasteiger partial charge in [-0.1, -0.05) is 0 Å². The van der Waals surface area contributed by atoms with Crippen molar-refractivity contribution in [1.82, 2.24) is 9.78 Å². The highest BCUT2D eigenvalue weighted by Gasteiger charge is 2.15. The molecule has 1 N–H and O–H groups in total. The molecule has 0 unspecified atom stereocenters. The molecule has 0 aliphatic rings. The molecule has 1 atom stereocenters. The van der Waals surface area contributed by atoms with Gasteiger partial charge in [-0.05, 0) is 31.5 Å². The number of aromatic nitrogens is 2. The van der Waals surface area contributed by atoms with Crippen LogP contribution < -0.4 is 4.90 Å². The van der Waals surface area contributed by atoms with E-state index in [4.69, 9.17) is 0 Å². The van der Waals surface area contributed by atoms with Gasteiger partial charge in [0.05, 0.1) is 12.3 Å². The molecule has 5 heteroatoms. The van der Waals surface area contributed by atoms with Gasteiger partial charge in [-0.2, -0.15) is 5.10 Å². The fourth-order valence-corrected chi connectivity index (χ4v) is 2.26. The number of halogens is 1. The van der Waals surface area contributed by atoms with Gasteiger partial charge in [0, 0.05) is 43.7 Å². The lowest BCUT2D eigenvalue weighted by Crippen LogP contribution is -2.19. The van der Waals surface area contributed by atoms with Gasteiger partial charge in [0.15, 0.2) is 0 Å². The summed E-state index contributed by atoms with van der Waals surface area (Å²) in [5.74, 6) is -0.292. The second kappa shape index (κ2) is 5.63. The Morgan fingerprint density at radius 2 is 2.15 bits per heavy atom. The van der Waals surface area contributed by atoms with Crippen molar-refractivity contribution >= 4 is 5.69 Å². The lowest BCUT2D eigenvalue weighted by molar-refractivity contribution is 0.199. The molecule has 0 amide bonds. The van der Waals surface area contributed by atoms with Crippen molar-refractivity contribution in [2.75, 3.05) is 11.9 Å². The van der Waals surface area contributed by atoms with Crippen LogP contribution in [0.25, 0.3) is 0 Å². The molecule has 0 bridgehead atoms. The van der Waals surface area contributed by atoms with Crippen LogP contribution in [-0.2, 0) is 13.6 Å². The first kappa shape index (κ1) is 14.5. The smallest absolute Gasteiger partial charge is 0.126 e. The normalized spacial score (nSPS) is 12.5. The number of benzene rings is 1. The summed E-state index contributed by atoms with van der Waals surface area (Å²) >= 11 is 0. The number of anilines is 1. The Kier molecular flexibility index (Phi) is 4.09. The minimum Gasteiger partial charge on any atom is -0.389 e. The van der Waals surface area contributed by atoms with Crippen molar-refractivity contribution in [2.45, 2.75) is 26.5 Å². The number of aliphatic hydroxyl groups excluding tert-OH is 1. The largest absolute Gasteiger partial charge is 0.389 e. The lowest BCUT2D eigenvalue weighted by atomic mass is 10.0. The second-order valence-corrected chi connectivity index (χ2v) is 5.21. The van der Waals surface area contributed by atoms with Gasteiger partial charge in [-0.3, -0.25) is 4.68 Å². The van der Waals surface area contributed by atoms with Gasteiger partial charge in [0.2, 0.25) is 0 Å². The number of hydrogen-bond acceptors (Lipinski definition) is 3. The van der Waals surface area contributed by atoms with Crippen molar-refractivity contribution in [3.8, 4) is 0 Å². The fourth-order valence-electron chi connectivity index (χ4n) is 2.26. The van der Waals surface area contributed by atoms with E-state index in [0.29, 0.717) is 17.7 Å². The highest BCUT2D eigenvalue weighted by Crippen LogP contribution is 2.29. The van der Waals surface area contributed by atoms with Gasteiger partial charge in [-0.15, -0.1) is 0 Å². The third kappa shape index (κ3) is 2.99. The molecule has 0 radical (unpaired) electrons. The third-order valence-corrected chi connectivity index (χ3v) is 3.35. The summed E-state index contributed by atoms with van der Waals surface area (Å²) in [6, 6.07) is 3.18. The monoisotopic (exact) mass is 277 g/mol. The van der Waals surface area contributed by atoms with E-state index in [1.807, 2.05) is 25.2 Å². The van der Waals surface area contributed by atoms with E-state index in [1.54, 1.807) is 30.8 Å². The molecule has 4 nitrogen and oxygen atoms in total. The Labute approximate surface area is 118 Å². The van der Waals surface area contributed by atoms with Gasteiger partial charge in [-0.25, -0.2) is 4.39 Å². The Morgan fingerprint density at radius 3 is 2.70 bits per heavy atom. The molecule has 0 aliphatic heterocycles. The first-order valence-electron chi connectivity index (χ1n) is 6.55. The third-order valence-electron chi connectivity index (χ3n) is 3.35. The van der Waals surface area contributed by atoms with E-state index in [9.17, 15) is 9.50 Å². The van der Waals surface area contributed by atoms with Crippen molar-refractivity contribution in [3.63, 3.8) is 0 Å². The SMILES string of the molecule is Cc1cc(N(C)Cc2cnn(C)c2)c([C@@H](C)O)cc1F. The predicted octanol–water partition coefficient (Wildman–Crippen LogP) is 2.56. The van der Waals surface area contributed by atoms with E-state index >= 15 is 0 Å². The second-order valence-electron chi connectivity index (χ2n) is 5.21. The van der Waals surface area contributed by atoms with Crippen LogP contribution in [0.5, 0.6) is 0 Å². The highest BCUT2D eigenvalue weighted by atomic mass is 19.1. The zero-order valence-electron chi connectivity index (χ0n) is 12.3. The number of rotatable bonds is 4. The summed E-state index contributed by atoms with van der Waals surface area (Å²) in [6.07, 6.45) is 3.03. The molecule has 2 aromatic rings. The molecule has 20 heavy (non-hydrogen) atoms. The standard InChI is InChI=1S/C15H20FN3O/c1-10-5-15(13(11(2)20)6-14(10)16)18(3)8-12-7-17-19(4)9-12/h5-7,9,11,20H,8H2,1-4H3/t11-/m1/s1. The first-order valence-corrected chi connectivity index (χ1v) is 6.55. The number of aliphatic hydroxyl groups is 1. The van der Waals surface area contributed by atoms with Crippen LogP contribution in [-0.4, -0.2) is 21.9 Å². The van der Waals surface area contributed by atoms with Crippen LogP contribution >= 0.6 is 0 Å². The van der Waals surface area contributed by atoms with Gasteiger partial charge < -0.3 is 10.0 Å². The minimum atomic E-state index is -0.712. The number of hydrogen-bond donors (Lipinski definition) is 1. The maximum absolute atomic E-state index is 13.7. The van der Waals surface area contributed by atoms with E-state index < -0.39 is 6.10 Å². The molecule has 1 heterocycles. The molecule has 1 aromatic carbocycles. The van der Waals surface area contributed by atoms with Gasteiger partial charge >= 0.3 is 0 Å². The van der Waals surface area contributed by atoms with E-state index in [0.717, 1.165) is 11.3 Å². The van der Waals surface area contributed by atoms with Crippen molar-refractivity contribution in [3.05, 3.63) is 47.0 Å². The fraction of sp³-hybridized carbons (Fsp3) is 0.400. The molecule has 2 rings (SSSR count). The van der Waals surface area contributed by atoms with Crippen LogP contribution in [0.4, 0.5) is 10.1 Å². The molecule has 0 saturated carbocycles. The zero-order valence-corrected chi connectivity index (χ0v) is 12.3.